The van der Waals surface area contributed by atoms with Gasteiger partial charge < -0.3 is 9.55 Å². The van der Waals surface area contributed by atoms with E-state index in [1.807, 2.05) is 11.5 Å². The number of hydrogen-bond donors (Lipinski definition) is 1. The van der Waals surface area contributed by atoms with Gasteiger partial charge in [0, 0.05) is 28.9 Å². The maximum atomic E-state index is 13.5. The van der Waals surface area contributed by atoms with Crippen molar-refractivity contribution in [1.82, 2.24) is 9.55 Å². The van der Waals surface area contributed by atoms with E-state index in [4.69, 9.17) is 12.2 Å². The molecule has 2 rings (SSSR count). The number of imidazole rings is 1. The minimum Gasteiger partial charge on any atom is -0.330 e. The number of benzene rings is 1. The topological polar surface area (TPSA) is 37.8 Å². The number of halogens is 1. The van der Waals surface area contributed by atoms with Crippen LogP contribution in [-0.4, -0.2) is 25.8 Å². The molecule has 1 aromatic heterocycles. The molecule has 0 saturated heterocycles. The van der Waals surface area contributed by atoms with Crippen LogP contribution in [0.1, 0.15) is 24.9 Å². The maximum absolute atomic E-state index is 13.5. The summed E-state index contributed by atoms with van der Waals surface area (Å²) in [6.07, 6.45) is 2.47. The highest BCUT2D eigenvalue weighted by Gasteiger charge is 2.13. The van der Waals surface area contributed by atoms with Crippen LogP contribution >= 0.6 is 12.2 Å². The zero-order valence-corrected chi connectivity index (χ0v) is 12.8. The third-order valence-electron chi connectivity index (χ3n) is 3.26. The lowest BCUT2D eigenvalue weighted by molar-refractivity contribution is 0.539. The summed E-state index contributed by atoms with van der Waals surface area (Å²) in [5.41, 5.74) is 2.21. The molecule has 6 heteroatoms. The van der Waals surface area contributed by atoms with E-state index >= 15 is 0 Å². The Morgan fingerprint density at radius 2 is 2.21 bits per heavy atom. The third-order valence-corrected chi connectivity index (χ3v) is 4.37. The van der Waals surface area contributed by atoms with Gasteiger partial charge in [-0.05, 0) is 50.2 Å². The van der Waals surface area contributed by atoms with Gasteiger partial charge >= 0.3 is 0 Å². The Morgan fingerprint density at radius 1 is 1.53 bits per heavy atom. The zero-order chi connectivity index (χ0) is 14.2. The number of aryl methyl sites for hydroxylation is 1. The second-order valence-electron chi connectivity index (χ2n) is 4.83. The fourth-order valence-electron chi connectivity index (χ4n) is 2.15. The number of aromatic amines is 1. The molecule has 2 atom stereocenters. The highest BCUT2D eigenvalue weighted by Crippen LogP contribution is 2.23. The number of rotatable bonds is 4. The van der Waals surface area contributed by atoms with Crippen LogP contribution < -0.4 is 0 Å². The summed E-state index contributed by atoms with van der Waals surface area (Å²) >= 11 is 5.30. The Labute approximate surface area is 119 Å². The van der Waals surface area contributed by atoms with Crippen LogP contribution in [0.25, 0.3) is 11.0 Å². The van der Waals surface area contributed by atoms with Crippen LogP contribution in [0.4, 0.5) is 4.39 Å². The SMILES string of the molecule is Cc1cc2c(cc1F)[nH]c(=S)n2C(C)CCS(C)=O. The predicted molar refractivity (Wildman–Crippen MR) is 80.1 cm³/mol. The molecule has 0 radical (unpaired) electrons. The van der Waals surface area contributed by atoms with Gasteiger partial charge in [-0.1, -0.05) is 0 Å². The van der Waals surface area contributed by atoms with Crippen molar-refractivity contribution in [1.29, 1.82) is 0 Å². The molecule has 2 aromatic rings. The molecular formula is C13H17FN2OS2. The summed E-state index contributed by atoms with van der Waals surface area (Å²) in [7, 11) is -0.814. The van der Waals surface area contributed by atoms with E-state index < -0.39 is 10.8 Å². The lowest BCUT2D eigenvalue weighted by Crippen LogP contribution is -2.09. The fraction of sp³-hybridized carbons (Fsp3) is 0.462. The largest absolute Gasteiger partial charge is 0.330 e. The third kappa shape index (κ3) is 2.95. The number of hydrogen-bond acceptors (Lipinski definition) is 2. The van der Waals surface area contributed by atoms with Gasteiger partial charge in [-0.3, -0.25) is 4.21 Å². The highest BCUT2D eigenvalue weighted by atomic mass is 32.2. The van der Waals surface area contributed by atoms with Gasteiger partial charge in [-0.15, -0.1) is 0 Å². The van der Waals surface area contributed by atoms with E-state index in [1.54, 1.807) is 19.2 Å². The Bertz CT molecular complexity index is 690. The quantitative estimate of drug-likeness (QED) is 0.878. The second kappa shape index (κ2) is 5.54. The number of fused-ring (bicyclic) bond motifs is 1. The van der Waals surface area contributed by atoms with Gasteiger partial charge in [0.15, 0.2) is 4.77 Å². The molecule has 0 aliphatic rings. The Hall–Kier alpha value is -1.01. The molecule has 0 fully saturated rings. The molecule has 3 nitrogen and oxygen atoms in total. The lowest BCUT2D eigenvalue weighted by Gasteiger charge is -2.14. The van der Waals surface area contributed by atoms with Crippen LogP contribution in [0.15, 0.2) is 12.1 Å². The zero-order valence-electron chi connectivity index (χ0n) is 11.2. The van der Waals surface area contributed by atoms with E-state index in [0.717, 1.165) is 11.9 Å². The van der Waals surface area contributed by atoms with Gasteiger partial charge in [0.1, 0.15) is 5.82 Å². The number of H-pyrrole nitrogens is 1. The van der Waals surface area contributed by atoms with Crippen LogP contribution in [-0.2, 0) is 10.8 Å². The van der Waals surface area contributed by atoms with Gasteiger partial charge in [0.05, 0.1) is 11.0 Å². The minimum absolute atomic E-state index is 0.134. The summed E-state index contributed by atoms with van der Waals surface area (Å²) in [6, 6.07) is 3.41. The van der Waals surface area contributed by atoms with Crippen molar-refractivity contribution in [3.8, 4) is 0 Å². The highest BCUT2D eigenvalue weighted by molar-refractivity contribution is 7.84. The average molecular weight is 300 g/mol. The van der Waals surface area contributed by atoms with Crippen molar-refractivity contribution < 1.29 is 8.60 Å². The molecule has 1 N–H and O–H groups in total. The molecule has 0 aliphatic heterocycles. The van der Waals surface area contributed by atoms with Crippen molar-refractivity contribution >= 4 is 34.1 Å². The van der Waals surface area contributed by atoms with Gasteiger partial charge in [0.25, 0.3) is 0 Å². The Kier molecular flexibility index (Phi) is 4.20. The minimum atomic E-state index is -0.814. The van der Waals surface area contributed by atoms with Crippen LogP contribution in [0.2, 0.25) is 0 Å². The maximum Gasteiger partial charge on any atom is 0.178 e. The van der Waals surface area contributed by atoms with Crippen molar-refractivity contribution in [2.24, 2.45) is 0 Å². The summed E-state index contributed by atoms with van der Waals surface area (Å²) in [4.78, 5) is 3.03. The molecule has 1 aromatic carbocycles. The van der Waals surface area contributed by atoms with E-state index in [-0.39, 0.29) is 11.9 Å². The monoisotopic (exact) mass is 300 g/mol. The first-order chi connectivity index (χ1) is 8.90. The van der Waals surface area contributed by atoms with E-state index in [2.05, 4.69) is 4.98 Å². The summed E-state index contributed by atoms with van der Waals surface area (Å²) in [6.45, 7) is 3.77. The van der Waals surface area contributed by atoms with Crippen molar-refractivity contribution in [3.05, 3.63) is 28.3 Å². The first-order valence-electron chi connectivity index (χ1n) is 6.10. The van der Waals surface area contributed by atoms with E-state index in [1.165, 1.54) is 6.07 Å². The van der Waals surface area contributed by atoms with Crippen molar-refractivity contribution in [3.63, 3.8) is 0 Å². The molecule has 0 bridgehead atoms. The molecule has 2 unspecified atom stereocenters. The van der Waals surface area contributed by atoms with Crippen molar-refractivity contribution in [2.45, 2.75) is 26.3 Å². The Balaban J connectivity index is 2.47. The summed E-state index contributed by atoms with van der Waals surface area (Å²) in [5.74, 6) is 0.397. The van der Waals surface area contributed by atoms with Crippen LogP contribution in [0.3, 0.4) is 0 Å². The molecule has 19 heavy (non-hydrogen) atoms. The number of nitrogens with one attached hydrogen (secondary N) is 1. The summed E-state index contributed by atoms with van der Waals surface area (Å²) in [5, 5.41) is 0. The number of aromatic nitrogens is 2. The van der Waals surface area contributed by atoms with E-state index in [9.17, 15) is 8.60 Å². The molecule has 1 heterocycles. The van der Waals surface area contributed by atoms with Crippen molar-refractivity contribution in [2.75, 3.05) is 12.0 Å². The predicted octanol–water partition coefficient (Wildman–Crippen LogP) is 3.48. The van der Waals surface area contributed by atoms with Crippen LogP contribution in [0, 0.1) is 17.5 Å². The second-order valence-corrected chi connectivity index (χ2v) is 6.78. The standard InChI is InChI=1S/C13H17FN2OS2/c1-8-6-12-11(7-10(8)14)15-13(18)16(12)9(2)4-5-19(3)17/h6-7,9H,4-5H2,1-3H3,(H,15,18). The normalized spacial score (nSPS) is 14.7. The molecule has 0 aliphatic carbocycles. The molecular weight excluding hydrogens is 283 g/mol. The Morgan fingerprint density at radius 3 is 2.84 bits per heavy atom. The first kappa shape index (κ1) is 14.4. The molecule has 0 spiro atoms. The van der Waals surface area contributed by atoms with Gasteiger partial charge in [0.2, 0.25) is 0 Å². The average Bonchev–Trinajstić information content (AvgIpc) is 2.62. The lowest BCUT2D eigenvalue weighted by atomic mass is 10.2. The van der Waals surface area contributed by atoms with E-state index in [0.29, 0.717) is 21.6 Å². The van der Waals surface area contributed by atoms with Gasteiger partial charge in [-0.2, -0.15) is 0 Å². The van der Waals surface area contributed by atoms with Crippen LogP contribution in [0.5, 0.6) is 0 Å². The molecule has 0 amide bonds. The fourth-order valence-corrected chi connectivity index (χ4v) is 3.22. The number of nitrogens with zero attached hydrogens (tertiary/aromatic N) is 1. The molecule has 0 saturated carbocycles. The molecule has 104 valence electrons. The van der Waals surface area contributed by atoms with Gasteiger partial charge in [-0.25, -0.2) is 4.39 Å². The first-order valence-corrected chi connectivity index (χ1v) is 8.24. The smallest absolute Gasteiger partial charge is 0.178 e. The summed E-state index contributed by atoms with van der Waals surface area (Å²) < 4.78 is 27.3.